The molecule has 1 aliphatic rings. The Bertz CT molecular complexity index is 1140. The van der Waals surface area contributed by atoms with Crippen molar-refractivity contribution in [3.8, 4) is 5.75 Å². The summed E-state index contributed by atoms with van der Waals surface area (Å²) in [6.45, 7) is 3.77. The van der Waals surface area contributed by atoms with E-state index in [1.54, 1.807) is 0 Å². The van der Waals surface area contributed by atoms with Gasteiger partial charge in [-0.25, -0.2) is 4.79 Å². The Morgan fingerprint density at radius 1 is 1.21 bits per heavy atom. The van der Waals surface area contributed by atoms with Gasteiger partial charge >= 0.3 is 11.6 Å². The third-order valence-corrected chi connectivity index (χ3v) is 5.54. The maximum atomic E-state index is 12.6. The van der Waals surface area contributed by atoms with E-state index in [-0.39, 0.29) is 6.42 Å². The highest BCUT2D eigenvalue weighted by molar-refractivity contribution is 6.30. The molecule has 1 aliphatic heterocycles. The molecule has 3 aromatic rings. The van der Waals surface area contributed by atoms with Gasteiger partial charge in [0.15, 0.2) is 5.58 Å². The van der Waals surface area contributed by atoms with Crippen LogP contribution in [0.3, 0.4) is 0 Å². The summed E-state index contributed by atoms with van der Waals surface area (Å²) in [6.07, 6.45) is -0.109. The minimum absolute atomic E-state index is 0.109. The van der Waals surface area contributed by atoms with Crippen LogP contribution in [-0.2, 0) is 29.0 Å². The van der Waals surface area contributed by atoms with Crippen molar-refractivity contribution in [2.45, 2.75) is 26.4 Å². The van der Waals surface area contributed by atoms with E-state index in [1.807, 2.05) is 43.3 Å². The molecular formula is C22H21ClNO5+. The van der Waals surface area contributed by atoms with Crippen LogP contribution in [0.2, 0.25) is 5.02 Å². The van der Waals surface area contributed by atoms with Crippen molar-refractivity contribution >= 4 is 28.5 Å². The molecule has 6 nitrogen and oxygen atoms in total. The molecule has 0 saturated heterocycles. The van der Waals surface area contributed by atoms with E-state index in [2.05, 4.69) is 0 Å². The van der Waals surface area contributed by atoms with Crippen LogP contribution >= 0.6 is 11.6 Å². The first-order chi connectivity index (χ1) is 14.0. The van der Waals surface area contributed by atoms with E-state index in [1.165, 1.54) is 12.0 Å². The summed E-state index contributed by atoms with van der Waals surface area (Å²) in [5, 5.41) is 1.51. The first-order valence-electron chi connectivity index (χ1n) is 9.32. The number of carbonyl (C=O) groups is 1. The first kappa shape index (κ1) is 19.5. The first-order valence-corrected chi connectivity index (χ1v) is 9.70. The number of halogens is 1. The van der Waals surface area contributed by atoms with Gasteiger partial charge in [0.25, 0.3) is 0 Å². The van der Waals surface area contributed by atoms with Crippen LogP contribution in [0.25, 0.3) is 11.0 Å². The highest BCUT2D eigenvalue weighted by Gasteiger charge is 2.26. The fraction of sp³-hybridized carbons (Fsp3) is 0.273. The number of aryl methyl sites for hydroxylation is 1. The Balaban J connectivity index is 1.70. The Morgan fingerprint density at radius 2 is 1.97 bits per heavy atom. The van der Waals surface area contributed by atoms with Crippen molar-refractivity contribution in [1.29, 1.82) is 0 Å². The van der Waals surface area contributed by atoms with Crippen molar-refractivity contribution in [1.82, 2.24) is 0 Å². The summed E-state index contributed by atoms with van der Waals surface area (Å²) in [4.78, 5) is 25.4. The second-order valence-electron chi connectivity index (χ2n) is 7.18. The van der Waals surface area contributed by atoms with Gasteiger partial charge in [-0.3, -0.25) is 9.69 Å². The molecule has 2 aromatic carbocycles. The number of ether oxygens (including phenoxy) is 2. The molecule has 4 rings (SSSR count). The summed E-state index contributed by atoms with van der Waals surface area (Å²) < 4.78 is 16.3. The molecule has 1 aromatic heterocycles. The van der Waals surface area contributed by atoms with Gasteiger partial charge < -0.3 is 13.9 Å². The lowest BCUT2D eigenvalue weighted by Gasteiger charge is -2.26. The zero-order valence-corrected chi connectivity index (χ0v) is 17.0. The highest BCUT2D eigenvalue weighted by Crippen LogP contribution is 2.31. The molecule has 0 amide bonds. The van der Waals surface area contributed by atoms with Gasteiger partial charge in [0.05, 0.1) is 24.7 Å². The predicted molar refractivity (Wildman–Crippen MR) is 108 cm³/mol. The number of hydrogen-bond acceptors (Lipinski definition) is 5. The van der Waals surface area contributed by atoms with E-state index in [0.717, 1.165) is 34.4 Å². The van der Waals surface area contributed by atoms with Gasteiger partial charge in [0.2, 0.25) is 6.73 Å². The normalized spacial score (nSPS) is 15.6. The summed E-state index contributed by atoms with van der Waals surface area (Å²) in [5.74, 6) is 0.250. The third kappa shape index (κ3) is 3.86. The van der Waals surface area contributed by atoms with Crippen LogP contribution in [-0.4, -0.2) is 19.8 Å². The van der Waals surface area contributed by atoms with E-state index >= 15 is 0 Å². The van der Waals surface area contributed by atoms with E-state index in [9.17, 15) is 9.59 Å². The number of carbonyl (C=O) groups excluding carboxylic acids is 1. The molecule has 150 valence electrons. The number of hydrogen-bond donors (Lipinski definition) is 1. The number of rotatable bonds is 4. The lowest BCUT2D eigenvalue weighted by atomic mass is 10.00. The molecule has 29 heavy (non-hydrogen) atoms. The van der Waals surface area contributed by atoms with Gasteiger partial charge in [-0.05, 0) is 36.8 Å². The number of esters is 1. The molecule has 1 N–H and O–H groups in total. The van der Waals surface area contributed by atoms with Crippen LogP contribution in [0.15, 0.2) is 45.6 Å². The van der Waals surface area contributed by atoms with Gasteiger partial charge in [0.1, 0.15) is 18.8 Å². The Labute approximate surface area is 172 Å². The average Bonchev–Trinajstić information content (AvgIpc) is 2.72. The van der Waals surface area contributed by atoms with Crippen molar-refractivity contribution < 1.29 is 23.6 Å². The SMILES string of the molecule is COC(=O)Cc1c(C)c2ccc3c(c2oc1=O)C[NH+](Cc1ccc(Cl)cc1)CO3. The largest absolute Gasteiger partial charge is 0.469 e. The zero-order valence-electron chi connectivity index (χ0n) is 16.2. The molecule has 1 atom stereocenters. The smallest absolute Gasteiger partial charge is 0.340 e. The van der Waals surface area contributed by atoms with Crippen molar-refractivity contribution in [2.75, 3.05) is 13.8 Å². The van der Waals surface area contributed by atoms with Gasteiger partial charge in [0, 0.05) is 16.0 Å². The van der Waals surface area contributed by atoms with Gasteiger partial charge in [-0.15, -0.1) is 0 Å². The number of fused-ring (bicyclic) bond motifs is 3. The van der Waals surface area contributed by atoms with Crippen LogP contribution < -0.4 is 15.3 Å². The minimum Gasteiger partial charge on any atom is -0.469 e. The standard InChI is InChI=1S/C22H20ClNO5/c1-13-16-7-8-19-18(21(16)29-22(26)17(13)9-20(25)27-2)11-24(12-28-19)10-14-3-5-15(23)6-4-14/h3-8H,9-12H2,1-2H3/p+1. The summed E-state index contributed by atoms with van der Waals surface area (Å²) in [7, 11) is 1.30. The molecule has 1 unspecified atom stereocenters. The topological polar surface area (TPSA) is 70.2 Å². The second-order valence-corrected chi connectivity index (χ2v) is 7.62. The maximum absolute atomic E-state index is 12.6. The quantitative estimate of drug-likeness (QED) is 0.524. The monoisotopic (exact) mass is 414 g/mol. The Morgan fingerprint density at radius 3 is 2.69 bits per heavy atom. The van der Waals surface area contributed by atoms with Crippen molar-refractivity contribution in [3.05, 3.63) is 74.1 Å². The molecular weight excluding hydrogens is 394 g/mol. The summed E-state index contributed by atoms with van der Waals surface area (Å²) in [5.41, 5.74) is 3.07. The molecule has 0 bridgehead atoms. The second kappa shape index (κ2) is 7.89. The lowest BCUT2D eigenvalue weighted by Crippen LogP contribution is -3.10. The fourth-order valence-electron chi connectivity index (χ4n) is 3.70. The fourth-order valence-corrected chi connectivity index (χ4v) is 3.83. The van der Waals surface area contributed by atoms with E-state index in [4.69, 9.17) is 25.5 Å². The molecule has 0 aliphatic carbocycles. The van der Waals surface area contributed by atoms with Crippen LogP contribution in [0.4, 0.5) is 0 Å². The number of nitrogens with one attached hydrogen (secondary N) is 1. The predicted octanol–water partition coefficient (Wildman–Crippen LogP) is 2.41. The Hall–Kier alpha value is -2.83. The van der Waals surface area contributed by atoms with Gasteiger partial charge in [-0.1, -0.05) is 23.7 Å². The average molecular weight is 415 g/mol. The van der Waals surface area contributed by atoms with E-state index < -0.39 is 11.6 Å². The van der Waals surface area contributed by atoms with E-state index in [0.29, 0.717) is 29.4 Å². The minimum atomic E-state index is -0.515. The highest BCUT2D eigenvalue weighted by atomic mass is 35.5. The lowest BCUT2D eigenvalue weighted by molar-refractivity contribution is -0.945. The van der Waals surface area contributed by atoms with Gasteiger partial charge in [-0.2, -0.15) is 0 Å². The molecule has 7 heteroatoms. The summed E-state index contributed by atoms with van der Waals surface area (Å²) >= 11 is 5.97. The molecule has 2 heterocycles. The number of methoxy groups -OCH3 is 1. The molecule has 0 saturated carbocycles. The van der Waals surface area contributed by atoms with Crippen LogP contribution in [0, 0.1) is 6.92 Å². The molecule has 0 fully saturated rings. The zero-order chi connectivity index (χ0) is 20.5. The maximum Gasteiger partial charge on any atom is 0.340 e. The molecule has 0 spiro atoms. The van der Waals surface area contributed by atoms with Crippen molar-refractivity contribution in [3.63, 3.8) is 0 Å². The number of benzene rings is 2. The summed E-state index contributed by atoms with van der Waals surface area (Å²) in [6, 6.07) is 11.5. The Kier molecular flexibility index (Phi) is 5.30. The molecule has 0 radical (unpaired) electrons. The number of quaternary nitrogens is 1. The van der Waals surface area contributed by atoms with Crippen molar-refractivity contribution in [2.24, 2.45) is 0 Å². The van der Waals surface area contributed by atoms with Crippen LogP contribution in [0.5, 0.6) is 5.75 Å². The third-order valence-electron chi connectivity index (χ3n) is 5.29. The van der Waals surface area contributed by atoms with Crippen LogP contribution in [0.1, 0.15) is 22.3 Å².